The van der Waals surface area contributed by atoms with Gasteiger partial charge in [-0.25, -0.2) is 0 Å². The molecule has 102 valence electrons. The molecular weight excluding hydrogens is 272 g/mol. The van der Waals surface area contributed by atoms with Crippen LogP contribution in [0.2, 0.25) is 5.02 Å². The van der Waals surface area contributed by atoms with Gasteiger partial charge >= 0.3 is 0 Å². The van der Waals surface area contributed by atoms with Gasteiger partial charge in [0.25, 0.3) is 5.69 Å². The molecule has 19 heavy (non-hydrogen) atoms. The van der Waals surface area contributed by atoms with E-state index in [-0.39, 0.29) is 24.2 Å². The van der Waals surface area contributed by atoms with Crippen molar-refractivity contribution in [2.45, 2.75) is 19.4 Å². The normalized spacial score (nSPS) is 19.1. The zero-order valence-corrected chi connectivity index (χ0v) is 11.1. The fraction of sp³-hybridized carbons (Fsp3) is 0.417. The molecule has 1 unspecified atom stereocenters. The molecule has 1 N–H and O–H groups in total. The predicted octanol–water partition coefficient (Wildman–Crippen LogP) is 1.61. The first kappa shape index (κ1) is 13.8. The molecule has 6 nitrogen and oxygen atoms in total. The Morgan fingerprint density at radius 1 is 1.58 bits per heavy atom. The monoisotopic (exact) mass is 284 g/mol. The first-order valence-corrected chi connectivity index (χ1v) is 6.15. The van der Waals surface area contributed by atoms with Crippen molar-refractivity contribution >= 4 is 23.2 Å². The molecule has 0 bridgehead atoms. The van der Waals surface area contributed by atoms with E-state index in [1.807, 2.05) is 0 Å². The highest BCUT2D eigenvalue weighted by atomic mass is 35.5. The maximum Gasteiger partial charge on any atom is 0.271 e. The van der Waals surface area contributed by atoms with Crippen LogP contribution < -0.4 is 5.32 Å². The Labute approximate surface area is 114 Å². The summed E-state index contributed by atoms with van der Waals surface area (Å²) in [4.78, 5) is 21.6. The summed E-state index contributed by atoms with van der Waals surface area (Å²) >= 11 is 5.99. The summed E-state index contributed by atoms with van der Waals surface area (Å²) in [6, 6.07) is 2.64. The lowest BCUT2D eigenvalue weighted by Gasteiger charge is -2.24. The quantitative estimate of drug-likeness (QED) is 0.675. The lowest BCUT2D eigenvalue weighted by Crippen LogP contribution is -2.46. The van der Waals surface area contributed by atoms with Gasteiger partial charge in [0.1, 0.15) is 6.61 Å². The Balaban J connectivity index is 2.23. The number of hydrogen-bond acceptors (Lipinski definition) is 4. The lowest BCUT2D eigenvalue weighted by molar-refractivity contribution is -0.384. The Morgan fingerprint density at radius 3 is 2.95 bits per heavy atom. The number of halogens is 1. The third-order valence-corrected chi connectivity index (χ3v) is 3.42. The number of non-ortho nitro benzene ring substituents is 1. The van der Waals surface area contributed by atoms with E-state index in [2.05, 4.69) is 5.32 Å². The number of nitrogens with zero attached hydrogens (tertiary/aromatic N) is 1. The van der Waals surface area contributed by atoms with Crippen molar-refractivity contribution in [3.63, 3.8) is 0 Å². The topological polar surface area (TPSA) is 81.5 Å². The van der Waals surface area contributed by atoms with Crippen LogP contribution in [0.1, 0.15) is 11.1 Å². The van der Waals surface area contributed by atoms with Crippen LogP contribution >= 0.6 is 11.6 Å². The van der Waals surface area contributed by atoms with Crippen LogP contribution in [0.25, 0.3) is 0 Å². The fourth-order valence-corrected chi connectivity index (χ4v) is 2.25. The summed E-state index contributed by atoms with van der Waals surface area (Å²) < 4.78 is 5.14. The van der Waals surface area contributed by atoms with Crippen LogP contribution in [-0.4, -0.2) is 30.1 Å². The fourth-order valence-electron chi connectivity index (χ4n) is 2.02. The third kappa shape index (κ3) is 3.21. The lowest BCUT2D eigenvalue weighted by atomic mass is 10.00. The highest BCUT2D eigenvalue weighted by molar-refractivity contribution is 6.31. The number of amides is 1. The molecule has 1 saturated heterocycles. The van der Waals surface area contributed by atoms with E-state index in [9.17, 15) is 14.9 Å². The van der Waals surface area contributed by atoms with Crippen LogP contribution in [0.4, 0.5) is 5.69 Å². The average Bonchev–Trinajstić information content (AvgIpc) is 2.34. The van der Waals surface area contributed by atoms with Gasteiger partial charge in [-0.1, -0.05) is 11.6 Å². The number of nitro benzene ring substituents is 1. The smallest absolute Gasteiger partial charge is 0.271 e. The van der Waals surface area contributed by atoms with Gasteiger partial charge in [-0.15, -0.1) is 0 Å². The summed E-state index contributed by atoms with van der Waals surface area (Å²) in [6.45, 7) is 2.25. The number of nitrogens with one attached hydrogen (secondary N) is 1. The van der Waals surface area contributed by atoms with Crippen LogP contribution in [-0.2, 0) is 16.0 Å². The Bertz CT molecular complexity index is 533. The minimum atomic E-state index is -0.481. The molecule has 0 aromatic heterocycles. The number of rotatable bonds is 3. The molecule has 0 spiro atoms. The van der Waals surface area contributed by atoms with Crippen LogP contribution in [0.3, 0.4) is 0 Å². The van der Waals surface area contributed by atoms with Gasteiger partial charge in [0.05, 0.1) is 22.6 Å². The van der Waals surface area contributed by atoms with Gasteiger partial charge in [0.15, 0.2) is 0 Å². The zero-order valence-electron chi connectivity index (χ0n) is 10.3. The Kier molecular flexibility index (Phi) is 4.01. The minimum Gasteiger partial charge on any atom is -0.369 e. The number of benzene rings is 1. The van der Waals surface area contributed by atoms with Crippen molar-refractivity contribution in [3.8, 4) is 0 Å². The van der Waals surface area contributed by atoms with Crippen molar-refractivity contribution in [1.82, 2.24) is 5.32 Å². The standard InChI is InChI=1S/C12H13ClN2O4/c1-7-8(2-9-5-19-6-12(16)14-9)3-10(15(17)18)4-11(7)13/h3-4,9H,2,5-6H2,1H3,(H,14,16). The van der Waals surface area contributed by atoms with E-state index in [1.165, 1.54) is 12.1 Å². The third-order valence-electron chi connectivity index (χ3n) is 3.03. The van der Waals surface area contributed by atoms with Gasteiger partial charge in [-0.05, 0) is 24.5 Å². The second-order valence-electron chi connectivity index (χ2n) is 4.45. The van der Waals surface area contributed by atoms with Crippen molar-refractivity contribution in [2.24, 2.45) is 0 Å². The van der Waals surface area contributed by atoms with E-state index < -0.39 is 4.92 Å². The molecule has 0 aliphatic carbocycles. The molecule has 0 radical (unpaired) electrons. The molecule has 0 saturated carbocycles. The van der Waals surface area contributed by atoms with Gasteiger partial charge < -0.3 is 10.1 Å². The Hall–Kier alpha value is -1.66. The molecular formula is C12H13ClN2O4. The summed E-state index contributed by atoms with van der Waals surface area (Å²) in [5.74, 6) is -0.176. The molecule has 1 fully saturated rings. The minimum absolute atomic E-state index is 0.0475. The van der Waals surface area contributed by atoms with E-state index in [4.69, 9.17) is 16.3 Å². The summed E-state index contributed by atoms with van der Waals surface area (Å²) in [5.41, 5.74) is 1.48. The van der Waals surface area contributed by atoms with E-state index >= 15 is 0 Å². The Morgan fingerprint density at radius 2 is 2.32 bits per heavy atom. The molecule has 1 amide bonds. The number of carbonyl (C=O) groups is 1. The zero-order chi connectivity index (χ0) is 14.0. The van der Waals surface area contributed by atoms with Gasteiger partial charge in [-0.3, -0.25) is 14.9 Å². The molecule has 1 aromatic carbocycles. The maximum atomic E-state index is 11.2. The molecule has 1 heterocycles. The molecule has 2 rings (SSSR count). The maximum absolute atomic E-state index is 11.2. The van der Waals surface area contributed by atoms with Crippen LogP contribution in [0.15, 0.2) is 12.1 Å². The SMILES string of the molecule is Cc1c(Cl)cc([N+](=O)[O-])cc1CC1COCC(=O)N1. The van der Waals surface area contributed by atoms with Gasteiger partial charge in [0.2, 0.25) is 5.91 Å². The number of morpholine rings is 1. The second kappa shape index (κ2) is 5.54. The number of nitro groups is 1. The largest absolute Gasteiger partial charge is 0.369 e. The molecule has 1 aliphatic rings. The number of carbonyl (C=O) groups excluding carboxylic acids is 1. The second-order valence-corrected chi connectivity index (χ2v) is 4.86. The van der Waals surface area contributed by atoms with Crippen molar-refractivity contribution in [3.05, 3.63) is 38.4 Å². The highest BCUT2D eigenvalue weighted by Gasteiger charge is 2.21. The predicted molar refractivity (Wildman–Crippen MR) is 69.3 cm³/mol. The van der Waals surface area contributed by atoms with Gasteiger partial charge in [-0.2, -0.15) is 0 Å². The van der Waals surface area contributed by atoms with Crippen molar-refractivity contribution in [2.75, 3.05) is 13.2 Å². The highest BCUT2D eigenvalue weighted by Crippen LogP contribution is 2.27. The molecule has 1 aliphatic heterocycles. The van der Waals surface area contributed by atoms with E-state index in [1.54, 1.807) is 6.92 Å². The summed E-state index contributed by atoms with van der Waals surface area (Å²) in [6.07, 6.45) is 0.457. The first-order chi connectivity index (χ1) is 8.97. The number of ether oxygens (including phenoxy) is 1. The first-order valence-electron chi connectivity index (χ1n) is 5.78. The molecule has 1 atom stereocenters. The van der Waals surface area contributed by atoms with E-state index in [0.29, 0.717) is 18.1 Å². The van der Waals surface area contributed by atoms with Crippen LogP contribution in [0.5, 0.6) is 0 Å². The molecule has 1 aromatic rings. The van der Waals surface area contributed by atoms with Crippen molar-refractivity contribution in [1.29, 1.82) is 0 Å². The summed E-state index contributed by atoms with van der Waals surface area (Å²) in [7, 11) is 0. The summed E-state index contributed by atoms with van der Waals surface area (Å²) in [5, 5.41) is 14.0. The van der Waals surface area contributed by atoms with Crippen LogP contribution in [0, 0.1) is 17.0 Å². The van der Waals surface area contributed by atoms with E-state index in [0.717, 1.165) is 11.1 Å². The number of hydrogen-bond donors (Lipinski definition) is 1. The van der Waals surface area contributed by atoms with Crippen molar-refractivity contribution < 1.29 is 14.5 Å². The average molecular weight is 285 g/mol. The molecule has 7 heteroatoms. The van der Waals surface area contributed by atoms with Gasteiger partial charge in [0, 0.05) is 12.1 Å².